The summed E-state index contributed by atoms with van der Waals surface area (Å²) < 4.78 is 24.9. The van der Waals surface area contributed by atoms with E-state index in [0.717, 1.165) is 43.4 Å². The lowest BCUT2D eigenvalue weighted by Crippen LogP contribution is -2.35. The Morgan fingerprint density at radius 2 is 1.91 bits per heavy atom. The van der Waals surface area contributed by atoms with Crippen molar-refractivity contribution in [2.75, 3.05) is 18.1 Å². The average Bonchev–Trinajstić information content (AvgIpc) is 2.54. The molecule has 0 spiro atoms. The van der Waals surface area contributed by atoms with Crippen LogP contribution in [0.25, 0.3) is 0 Å². The number of nitrogens with one attached hydrogen (secondary N) is 1. The number of anilines is 1. The third-order valence-corrected chi connectivity index (χ3v) is 6.15. The molecule has 1 aliphatic heterocycles. The second-order valence-corrected chi connectivity index (χ2v) is 8.64. The van der Waals surface area contributed by atoms with Gasteiger partial charge < -0.3 is 5.32 Å². The van der Waals surface area contributed by atoms with Gasteiger partial charge in [0.15, 0.2) is 0 Å². The molecule has 1 N–H and O–H groups in total. The third-order valence-electron chi connectivity index (χ3n) is 4.90. The molecule has 0 unspecified atom stereocenters. The fraction of sp³-hybridized carbons (Fsp3) is 0.588. The second-order valence-electron chi connectivity index (χ2n) is 6.65. The van der Waals surface area contributed by atoms with E-state index in [1.807, 2.05) is 18.2 Å². The highest BCUT2D eigenvalue weighted by Gasteiger charge is 2.24. The van der Waals surface area contributed by atoms with Crippen LogP contribution in [0.3, 0.4) is 0 Å². The summed E-state index contributed by atoms with van der Waals surface area (Å²) in [5, 5.41) is 3.01. The molecule has 0 saturated heterocycles. The largest absolute Gasteiger partial charge is 0.326 e. The number of hydrogen-bond acceptors (Lipinski definition) is 3. The Kier molecular flexibility index (Phi) is 4.73. The molecular weight excluding hydrogens is 312 g/mol. The third kappa shape index (κ3) is 3.93. The number of nitrogens with zero attached hydrogens (tertiary/aromatic N) is 1. The summed E-state index contributed by atoms with van der Waals surface area (Å²) in [6.07, 6.45) is 7.39. The van der Waals surface area contributed by atoms with E-state index in [1.54, 1.807) is 0 Å². The molecule has 0 bridgehead atoms. The maximum absolute atomic E-state index is 12.3. The molecule has 1 saturated carbocycles. The quantitative estimate of drug-likeness (QED) is 0.922. The average molecular weight is 336 g/mol. The molecule has 1 fully saturated rings. The van der Waals surface area contributed by atoms with E-state index >= 15 is 0 Å². The van der Waals surface area contributed by atoms with E-state index < -0.39 is 10.0 Å². The first-order valence-electron chi connectivity index (χ1n) is 8.31. The van der Waals surface area contributed by atoms with E-state index in [4.69, 9.17) is 0 Å². The summed E-state index contributed by atoms with van der Waals surface area (Å²) in [5.74, 6) is 0.215. The lowest BCUT2D eigenvalue weighted by molar-refractivity contribution is -0.120. The van der Waals surface area contributed by atoms with E-state index in [1.165, 1.54) is 22.5 Å². The summed E-state index contributed by atoms with van der Waals surface area (Å²) >= 11 is 0. The van der Waals surface area contributed by atoms with Crippen molar-refractivity contribution in [2.24, 2.45) is 5.92 Å². The molecule has 23 heavy (non-hydrogen) atoms. The minimum absolute atomic E-state index is 0.0976. The smallest absolute Gasteiger partial charge is 0.227 e. The highest BCUT2D eigenvalue weighted by Crippen LogP contribution is 2.27. The maximum Gasteiger partial charge on any atom is 0.227 e. The van der Waals surface area contributed by atoms with Gasteiger partial charge in [-0.2, -0.15) is 4.31 Å². The first-order chi connectivity index (χ1) is 10.9. The van der Waals surface area contributed by atoms with Crippen molar-refractivity contribution < 1.29 is 13.2 Å². The standard InChI is InChI=1S/C17H24N2O3S/c1-23(21,22)19-10-9-13-7-8-16(11-15(13)12-19)18-17(20)14-5-3-2-4-6-14/h7-8,11,14H,2-6,9-10,12H2,1H3,(H,18,20). The van der Waals surface area contributed by atoms with Crippen molar-refractivity contribution in [2.45, 2.75) is 45.1 Å². The summed E-state index contributed by atoms with van der Waals surface area (Å²) in [6, 6.07) is 5.86. The zero-order valence-electron chi connectivity index (χ0n) is 13.5. The molecule has 0 atom stereocenters. The zero-order valence-corrected chi connectivity index (χ0v) is 14.4. The number of amides is 1. The molecule has 1 amide bonds. The van der Waals surface area contributed by atoms with Crippen molar-refractivity contribution in [3.05, 3.63) is 29.3 Å². The number of sulfonamides is 1. The molecule has 6 heteroatoms. The summed E-state index contributed by atoms with van der Waals surface area (Å²) in [6.45, 7) is 0.918. The van der Waals surface area contributed by atoms with E-state index in [2.05, 4.69) is 5.32 Å². The van der Waals surface area contributed by atoms with Crippen LogP contribution in [-0.2, 0) is 27.8 Å². The van der Waals surface area contributed by atoms with Gasteiger partial charge in [0.25, 0.3) is 0 Å². The van der Waals surface area contributed by atoms with Crippen LogP contribution in [0, 0.1) is 5.92 Å². The summed E-state index contributed by atoms with van der Waals surface area (Å²) in [7, 11) is -3.18. The number of hydrogen-bond donors (Lipinski definition) is 1. The fourth-order valence-electron chi connectivity index (χ4n) is 3.50. The van der Waals surface area contributed by atoms with Crippen molar-refractivity contribution in [1.29, 1.82) is 0 Å². The van der Waals surface area contributed by atoms with Crippen LogP contribution in [0.4, 0.5) is 5.69 Å². The van der Waals surface area contributed by atoms with E-state index in [9.17, 15) is 13.2 Å². The van der Waals surface area contributed by atoms with E-state index in [0.29, 0.717) is 13.1 Å². The number of carbonyl (C=O) groups excluding carboxylic acids is 1. The number of benzene rings is 1. The van der Waals surface area contributed by atoms with Crippen LogP contribution in [0.5, 0.6) is 0 Å². The monoisotopic (exact) mass is 336 g/mol. The van der Waals surface area contributed by atoms with Crippen molar-refractivity contribution in [3.63, 3.8) is 0 Å². The predicted octanol–water partition coefficient (Wildman–Crippen LogP) is 2.52. The van der Waals surface area contributed by atoms with Gasteiger partial charge in [0.2, 0.25) is 15.9 Å². The Morgan fingerprint density at radius 3 is 2.61 bits per heavy atom. The molecule has 2 aliphatic rings. The van der Waals surface area contributed by atoms with Crippen LogP contribution in [0.1, 0.15) is 43.2 Å². The molecule has 0 aromatic heterocycles. The molecular formula is C17H24N2O3S. The normalized spacial score (nSPS) is 20.0. The Balaban J connectivity index is 1.72. The van der Waals surface area contributed by atoms with Gasteiger partial charge in [0.05, 0.1) is 6.26 Å². The van der Waals surface area contributed by atoms with Crippen molar-refractivity contribution >= 4 is 21.6 Å². The van der Waals surface area contributed by atoms with Crippen LogP contribution in [0.2, 0.25) is 0 Å². The van der Waals surface area contributed by atoms with Gasteiger partial charge in [-0.1, -0.05) is 25.3 Å². The van der Waals surface area contributed by atoms with Gasteiger partial charge in [0, 0.05) is 24.7 Å². The minimum Gasteiger partial charge on any atom is -0.326 e. The molecule has 3 rings (SSSR count). The lowest BCUT2D eigenvalue weighted by atomic mass is 9.88. The summed E-state index contributed by atoms with van der Waals surface area (Å²) in [4.78, 5) is 12.3. The molecule has 1 aliphatic carbocycles. The molecule has 5 nitrogen and oxygen atoms in total. The molecule has 1 aromatic carbocycles. The van der Waals surface area contributed by atoms with Crippen molar-refractivity contribution in [1.82, 2.24) is 4.31 Å². The van der Waals surface area contributed by atoms with Crippen LogP contribution in [0.15, 0.2) is 18.2 Å². The Bertz CT molecular complexity index is 694. The number of carbonyl (C=O) groups is 1. The Morgan fingerprint density at radius 1 is 1.17 bits per heavy atom. The number of fused-ring (bicyclic) bond motifs is 1. The highest BCUT2D eigenvalue weighted by molar-refractivity contribution is 7.88. The predicted molar refractivity (Wildman–Crippen MR) is 90.6 cm³/mol. The molecule has 1 heterocycles. The van der Waals surface area contributed by atoms with E-state index in [-0.39, 0.29) is 11.8 Å². The summed E-state index contributed by atoms with van der Waals surface area (Å²) in [5.41, 5.74) is 2.93. The Labute approximate surface area is 138 Å². The molecule has 0 radical (unpaired) electrons. The highest BCUT2D eigenvalue weighted by atomic mass is 32.2. The first-order valence-corrected chi connectivity index (χ1v) is 10.2. The van der Waals surface area contributed by atoms with Crippen molar-refractivity contribution in [3.8, 4) is 0 Å². The molecule has 1 aromatic rings. The Hall–Kier alpha value is -1.40. The van der Waals surface area contributed by atoms with Gasteiger partial charge in [-0.25, -0.2) is 8.42 Å². The molecule has 126 valence electrons. The SMILES string of the molecule is CS(=O)(=O)N1CCc2ccc(NC(=O)C3CCCCC3)cc2C1. The van der Waals surface area contributed by atoms with Crippen LogP contribution in [-0.4, -0.2) is 31.4 Å². The number of rotatable bonds is 3. The second kappa shape index (κ2) is 6.61. The van der Waals surface area contributed by atoms with Gasteiger partial charge in [-0.3, -0.25) is 4.79 Å². The van der Waals surface area contributed by atoms with Gasteiger partial charge >= 0.3 is 0 Å². The maximum atomic E-state index is 12.3. The van der Waals surface area contributed by atoms with Gasteiger partial charge in [-0.15, -0.1) is 0 Å². The topological polar surface area (TPSA) is 66.5 Å². The van der Waals surface area contributed by atoms with Gasteiger partial charge in [0.1, 0.15) is 0 Å². The zero-order chi connectivity index (χ0) is 16.4. The minimum atomic E-state index is -3.18. The van der Waals surface area contributed by atoms with Crippen LogP contribution >= 0.6 is 0 Å². The lowest BCUT2D eigenvalue weighted by Gasteiger charge is -2.27. The first kappa shape index (κ1) is 16.5. The fourth-order valence-corrected chi connectivity index (χ4v) is 4.30. The van der Waals surface area contributed by atoms with Crippen LogP contribution < -0.4 is 5.32 Å². The van der Waals surface area contributed by atoms with Gasteiger partial charge in [-0.05, 0) is 42.5 Å².